The third-order valence-electron chi connectivity index (χ3n) is 5.08. The van der Waals surface area contributed by atoms with E-state index in [1.165, 1.54) is 12.0 Å². The average molecular weight is 543 g/mol. The molecule has 4 rings (SSSR count). The van der Waals surface area contributed by atoms with Crippen LogP contribution in [-0.2, 0) is 16.1 Å². The Morgan fingerprint density at radius 2 is 1.78 bits per heavy atom. The number of imide groups is 1. The van der Waals surface area contributed by atoms with Crippen LogP contribution in [-0.4, -0.2) is 35.7 Å². The zero-order valence-corrected chi connectivity index (χ0v) is 21.3. The molecule has 0 unspecified atom stereocenters. The highest BCUT2D eigenvalue weighted by atomic mass is 35.5. The number of anilines is 1. The van der Waals surface area contributed by atoms with Crippen molar-refractivity contribution in [3.8, 4) is 11.5 Å². The largest absolute Gasteiger partial charge is 0.493 e. The lowest BCUT2D eigenvalue weighted by atomic mass is 10.1. The van der Waals surface area contributed by atoms with Crippen LogP contribution in [0.4, 0.5) is 10.5 Å². The fraction of sp³-hybridized carbons (Fsp3) is 0.115. The van der Waals surface area contributed by atoms with Crippen LogP contribution in [0.2, 0.25) is 10.0 Å². The van der Waals surface area contributed by atoms with Crippen molar-refractivity contribution in [3.05, 3.63) is 92.8 Å². The van der Waals surface area contributed by atoms with Gasteiger partial charge in [0.2, 0.25) is 0 Å². The van der Waals surface area contributed by atoms with E-state index in [0.717, 1.165) is 17.3 Å². The molecule has 0 aromatic heterocycles. The Balaban J connectivity index is 1.41. The number of hydrogen-bond donors (Lipinski definition) is 1. The quantitative estimate of drug-likeness (QED) is 0.338. The van der Waals surface area contributed by atoms with Crippen molar-refractivity contribution in [2.24, 2.45) is 0 Å². The average Bonchev–Trinajstić information content (AvgIpc) is 3.11. The molecular weight excluding hydrogens is 523 g/mol. The van der Waals surface area contributed by atoms with Crippen LogP contribution >= 0.6 is 35.0 Å². The van der Waals surface area contributed by atoms with Gasteiger partial charge in [-0.1, -0.05) is 41.4 Å². The van der Waals surface area contributed by atoms with Crippen LogP contribution in [0.15, 0.2) is 71.6 Å². The Bertz CT molecular complexity index is 1340. The van der Waals surface area contributed by atoms with Gasteiger partial charge in [-0.3, -0.25) is 19.3 Å². The molecule has 0 atom stereocenters. The molecule has 3 aromatic carbocycles. The van der Waals surface area contributed by atoms with Crippen molar-refractivity contribution >= 4 is 63.8 Å². The minimum atomic E-state index is -0.386. The number of carbonyl (C=O) groups is 3. The van der Waals surface area contributed by atoms with Crippen LogP contribution in [0.25, 0.3) is 6.08 Å². The lowest BCUT2D eigenvalue weighted by Gasteiger charge is -2.13. The molecule has 10 heteroatoms. The Hall–Kier alpha value is -3.46. The summed E-state index contributed by atoms with van der Waals surface area (Å²) in [4.78, 5) is 39.0. The minimum absolute atomic E-state index is 0.136. The van der Waals surface area contributed by atoms with Gasteiger partial charge in [0, 0.05) is 15.7 Å². The topological polar surface area (TPSA) is 84.9 Å². The van der Waals surface area contributed by atoms with Crippen LogP contribution in [0.1, 0.15) is 11.1 Å². The van der Waals surface area contributed by atoms with Crippen molar-refractivity contribution in [2.45, 2.75) is 6.54 Å². The second-order valence-electron chi connectivity index (χ2n) is 7.65. The molecule has 0 saturated carbocycles. The summed E-state index contributed by atoms with van der Waals surface area (Å²) in [5, 5.41) is 3.46. The molecule has 3 aromatic rings. The first-order valence-corrected chi connectivity index (χ1v) is 12.3. The molecule has 7 nitrogen and oxygen atoms in total. The molecule has 1 aliphatic rings. The number of benzene rings is 3. The molecule has 0 spiro atoms. The molecule has 0 bridgehead atoms. The molecule has 1 saturated heterocycles. The van der Waals surface area contributed by atoms with Gasteiger partial charge in [0.1, 0.15) is 0 Å². The Labute approximate surface area is 222 Å². The molecule has 1 heterocycles. The number of hydrogen-bond acceptors (Lipinski definition) is 6. The third-order valence-corrected chi connectivity index (χ3v) is 6.47. The fourth-order valence-electron chi connectivity index (χ4n) is 3.37. The number of nitrogens with one attached hydrogen (secondary N) is 1. The maximum absolute atomic E-state index is 12.9. The van der Waals surface area contributed by atoms with Crippen molar-refractivity contribution < 1.29 is 23.9 Å². The minimum Gasteiger partial charge on any atom is -0.493 e. The van der Waals surface area contributed by atoms with Gasteiger partial charge in [-0.2, -0.15) is 0 Å². The van der Waals surface area contributed by atoms with Gasteiger partial charge in [-0.05, 0) is 77.5 Å². The molecule has 1 aliphatic heterocycles. The van der Waals surface area contributed by atoms with E-state index in [0.29, 0.717) is 37.7 Å². The number of thioether (sulfide) groups is 1. The second-order valence-corrected chi connectivity index (χ2v) is 9.52. The van der Waals surface area contributed by atoms with Gasteiger partial charge >= 0.3 is 0 Å². The first-order chi connectivity index (χ1) is 17.3. The van der Waals surface area contributed by atoms with Crippen LogP contribution in [0, 0.1) is 0 Å². The van der Waals surface area contributed by atoms with E-state index in [4.69, 9.17) is 32.7 Å². The van der Waals surface area contributed by atoms with Crippen molar-refractivity contribution in [2.75, 3.05) is 19.0 Å². The van der Waals surface area contributed by atoms with Gasteiger partial charge in [0.15, 0.2) is 18.1 Å². The van der Waals surface area contributed by atoms with E-state index in [1.807, 2.05) is 0 Å². The van der Waals surface area contributed by atoms with E-state index in [-0.39, 0.29) is 30.2 Å². The molecular formula is C26H20Cl2N2O5S. The van der Waals surface area contributed by atoms with E-state index in [1.54, 1.807) is 72.8 Å². The molecule has 184 valence electrons. The standard InChI is InChI=1S/C26H20Cl2N2O5S/c1-34-22-12-16(5-10-21(22)35-15-24(31)29-20-8-6-18(27)7-9-20)13-23-25(32)30(26(33)36-23)14-17-3-2-4-19(28)11-17/h2-13H,14-15H2,1H3,(H,29,31)/b23-13-. The van der Waals surface area contributed by atoms with E-state index < -0.39 is 0 Å². The molecule has 1 fully saturated rings. The van der Waals surface area contributed by atoms with Crippen molar-refractivity contribution in [1.82, 2.24) is 4.90 Å². The van der Waals surface area contributed by atoms with Gasteiger partial charge < -0.3 is 14.8 Å². The first-order valence-electron chi connectivity index (χ1n) is 10.7. The van der Waals surface area contributed by atoms with Crippen LogP contribution in [0.3, 0.4) is 0 Å². The summed E-state index contributed by atoms with van der Waals surface area (Å²) in [5.41, 5.74) is 1.99. The predicted octanol–water partition coefficient (Wildman–Crippen LogP) is 6.26. The Kier molecular flexibility index (Phi) is 8.20. The van der Waals surface area contributed by atoms with Crippen LogP contribution < -0.4 is 14.8 Å². The third kappa shape index (κ3) is 6.40. The van der Waals surface area contributed by atoms with Crippen molar-refractivity contribution in [3.63, 3.8) is 0 Å². The summed E-state index contributed by atoms with van der Waals surface area (Å²) in [7, 11) is 1.47. The van der Waals surface area contributed by atoms with Gasteiger partial charge in [-0.25, -0.2) is 0 Å². The maximum Gasteiger partial charge on any atom is 0.293 e. The van der Waals surface area contributed by atoms with E-state index in [9.17, 15) is 14.4 Å². The highest BCUT2D eigenvalue weighted by Gasteiger charge is 2.35. The van der Waals surface area contributed by atoms with Gasteiger partial charge in [0.25, 0.3) is 17.1 Å². The molecule has 3 amide bonds. The van der Waals surface area contributed by atoms with Crippen LogP contribution in [0.5, 0.6) is 11.5 Å². The second kappa shape index (κ2) is 11.5. The van der Waals surface area contributed by atoms with E-state index in [2.05, 4.69) is 5.32 Å². The summed E-state index contributed by atoms with van der Waals surface area (Å²) >= 11 is 12.7. The number of methoxy groups -OCH3 is 1. The predicted molar refractivity (Wildman–Crippen MR) is 142 cm³/mol. The smallest absolute Gasteiger partial charge is 0.293 e. The Morgan fingerprint density at radius 3 is 2.50 bits per heavy atom. The normalized spacial score (nSPS) is 14.3. The highest BCUT2D eigenvalue weighted by Crippen LogP contribution is 2.35. The van der Waals surface area contributed by atoms with E-state index >= 15 is 0 Å². The summed E-state index contributed by atoms with van der Waals surface area (Å²) in [6.07, 6.45) is 1.61. The summed E-state index contributed by atoms with van der Waals surface area (Å²) < 4.78 is 11.0. The summed E-state index contributed by atoms with van der Waals surface area (Å²) in [5.74, 6) is -0.00358. The molecule has 1 N–H and O–H groups in total. The lowest BCUT2D eigenvalue weighted by molar-refractivity contribution is -0.123. The molecule has 36 heavy (non-hydrogen) atoms. The van der Waals surface area contributed by atoms with Crippen molar-refractivity contribution in [1.29, 1.82) is 0 Å². The molecule has 0 radical (unpaired) electrons. The maximum atomic E-state index is 12.9. The number of ether oxygens (including phenoxy) is 2. The first kappa shape index (κ1) is 25.6. The number of halogens is 2. The van der Waals surface area contributed by atoms with Gasteiger partial charge in [-0.15, -0.1) is 0 Å². The Morgan fingerprint density at radius 1 is 1.00 bits per heavy atom. The zero-order valence-electron chi connectivity index (χ0n) is 19.0. The van der Waals surface area contributed by atoms with Gasteiger partial charge in [0.05, 0.1) is 18.6 Å². The SMILES string of the molecule is COc1cc(/C=C2\SC(=O)N(Cc3cccc(Cl)c3)C2=O)ccc1OCC(=O)Nc1ccc(Cl)cc1. The summed E-state index contributed by atoms with van der Waals surface area (Å²) in [6.45, 7) is -0.0997. The highest BCUT2D eigenvalue weighted by molar-refractivity contribution is 8.18. The fourth-order valence-corrected chi connectivity index (χ4v) is 4.55. The molecule has 0 aliphatic carbocycles. The number of nitrogens with zero attached hydrogens (tertiary/aromatic N) is 1. The summed E-state index contributed by atoms with van der Waals surface area (Å²) in [6, 6.07) is 18.7. The number of amides is 3. The monoisotopic (exact) mass is 542 g/mol. The number of carbonyl (C=O) groups excluding carboxylic acids is 3. The number of rotatable bonds is 8. The zero-order chi connectivity index (χ0) is 25.7. The lowest BCUT2D eigenvalue weighted by Crippen LogP contribution is -2.27.